The number of rotatable bonds is 28. The van der Waals surface area contributed by atoms with Crippen LogP contribution in [0, 0.1) is 0 Å². The molecule has 0 saturated carbocycles. The largest absolute Gasteiger partial charge is 0.491 e. The minimum absolute atomic E-state index is 0.200. The lowest BCUT2D eigenvalue weighted by Crippen LogP contribution is -2.09. The van der Waals surface area contributed by atoms with Crippen LogP contribution in [0.1, 0.15) is 156 Å². The molecule has 0 aliphatic rings. The van der Waals surface area contributed by atoms with Gasteiger partial charge in [0.25, 0.3) is 0 Å². The molecule has 0 aromatic heterocycles. The van der Waals surface area contributed by atoms with Gasteiger partial charge in [-0.25, -0.2) is 0 Å². The second kappa shape index (κ2) is 28.3. The molecule has 0 rings (SSSR count). The fraction of sp³-hybridized carbons (Fsp3) is 0.933. The van der Waals surface area contributed by atoms with Gasteiger partial charge in [0.05, 0.1) is 13.2 Å². The van der Waals surface area contributed by atoms with E-state index in [-0.39, 0.29) is 6.79 Å². The van der Waals surface area contributed by atoms with Crippen LogP contribution in [-0.4, -0.2) is 27.1 Å². The van der Waals surface area contributed by atoms with Crippen molar-refractivity contribution in [2.24, 2.45) is 0 Å². The van der Waals surface area contributed by atoms with Crippen LogP contribution < -0.4 is 0 Å². The average molecular weight is 485 g/mol. The van der Waals surface area contributed by atoms with Gasteiger partial charge in [-0.15, -0.1) is 0 Å². The van der Waals surface area contributed by atoms with Gasteiger partial charge in [-0.05, 0) is 19.3 Å². The van der Waals surface area contributed by atoms with Crippen molar-refractivity contribution in [2.75, 3.05) is 27.1 Å². The molecular formula is C30H60O4. The lowest BCUT2D eigenvalue weighted by Gasteiger charge is -2.17. The first-order chi connectivity index (χ1) is 16.8. The number of allylic oxidation sites excluding steroid dienone is 1. The number of hydrogen-bond donors (Lipinski definition) is 0. The normalized spacial score (nSPS) is 12.0. The molecule has 0 radical (unpaired) electrons. The van der Waals surface area contributed by atoms with Crippen LogP contribution in [0.2, 0.25) is 0 Å². The van der Waals surface area contributed by atoms with Crippen molar-refractivity contribution in [3.05, 3.63) is 11.7 Å². The Hall–Kier alpha value is -0.900. The van der Waals surface area contributed by atoms with Gasteiger partial charge in [-0.3, -0.25) is 0 Å². The van der Waals surface area contributed by atoms with Gasteiger partial charge in [0, 0.05) is 13.5 Å². The number of ether oxygens (including phenoxy) is 4. The quantitative estimate of drug-likeness (QED) is 0.0628. The molecule has 0 spiro atoms. The molecule has 0 fully saturated rings. The van der Waals surface area contributed by atoms with Gasteiger partial charge in [0.2, 0.25) is 0 Å². The van der Waals surface area contributed by atoms with Crippen LogP contribution >= 0.6 is 0 Å². The topological polar surface area (TPSA) is 36.9 Å². The van der Waals surface area contributed by atoms with Gasteiger partial charge < -0.3 is 18.9 Å². The van der Waals surface area contributed by atoms with Crippen LogP contribution in [-0.2, 0) is 18.9 Å². The first-order valence-corrected chi connectivity index (χ1v) is 14.9. The highest BCUT2D eigenvalue weighted by Gasteiger charge is 2.13. The summed E-state index contributed by atoms with van der Waals surface area (Å²) in [5, 5.41) is 0. The lowest BCUT2D eigenvalue weighted by molar-refractivity contribution is -0.0692. The predicted molar refractivity (Wildman–Crippen MR) is 146 cm³/mol. The smallest absolute Gasteiger partial charge is 0.321 e. The van der Waals surface area contributed by atoms with E-state index in [1.54, 1.807) is 7.11 Å². The molecular weight excluding hydrogens is 424 g/mol. The number of methoxy groups -OCH3 is 1. The Labute approximate surface area is 213 Å². The maximum absolute atomic E-state index is 6.20. The Bertz CT molecular complexity index is 422. The van der Waals surface area contributed by atoms with Crippen LogP contribution in [0.25, 0.3) is 0 Å². The van der Waals surface area contributed by atoms with Gasteiger partial charge in [0.1, 0.15) is 0 Å². The van der Waals surface area contributed by atoms with E-state index in [1.807, 2.05) is 0 Å². The molecule has 0 aromatic carbocycles. The summed E-state index contributed by atoms with van der Waals surface area (Å²) in [7, 11) is 1.65. The molecule has 0 atom stereocenters. The summed E-state index contributed by atoms with van der Waals surface area (Å²) < 4.78 is 23.2. The van der Waals surface area contributed by atoms with Crippen LogP contribution in [0.5, 0.6) is 0 Å². The number of unbranched alkanes of at least 4 members (excludes halogenated alkanes) is 17. The average Bonchev–Trinajstić information content (AvgIpc) is 2.85. The molecule has 0 aliphatic carbocycles. The van der Waals surface area contributed by atoms with E-state index >= 15 is 0 Å². The second-order valence-electron chi connectivity index (χ2n) is 9.72. The van der Waals surface area contributed by atoms with E-state index in [1.165, 1.54) is 109 Å². The molecule has 0 aliphatic heterocycles. The zero-order valence-electron chi connectivity index (χ0n) is 23.6. The molecule has 0 N–H and O–H groups in total. The maximum atomic E-state index is 6.20. The highest BCUT2D eigenvalue weighted by Crippen LogP contribution is 2.20. The van der Waals surface area contributed by atoms with E-state index in [0.29, 0.717) is 12.6 Å². The summed E-state index contributed by atoms with van der Waals surface area (Å²) in [5.41, 5.74) is 0. The standard InChI is InChI=1S/C30H60O4/c1-5-8-11-14-15-16-17-18-19-20-21-22-25-29(32-26-23-12-9-6-2)30(34-28-31-4)33-27-24-13-10-7-3/h5-28H2,1-4H3. The van der Waals surface area contributed by atoms with Crippen molar-refractivity contribution in [3.63, 3.8) is 0 Å². The third-order valence-electron chi connectivity index (χ3n) is 6.30. The summed E-state index contributed by atoms with van der Waals surface area (Å²) >= 11 is 0. The first-order valence-electron chi connectivity index (χ1n) is 14.9. The van der Waals surface area contributed by atoms with Crippen molar-refractivity contribution >= 4 is 0 Å². The van der Waals surface area contributed by atoms with E-state index in [4.69, 9.17) is 18.9 Å². The minimum Gasteiger partial charge on any atom is -0.491 e. The molecule has 0 amide bonds. The summed E-state index contributed by atoms with van der Waals surface area (Å²) in [6.45, 7) is 8.38. The molecule has 0 aromatic rings. The van der Waals surface area contributed by atoms with Crippen molar-refractivity contribution in [1.29, 1.82) is 0 Å². The van der Waals surface area contributed by atoms with Crippen molar-refractivity contribution < 1.29 is 18.9 Å². The third-order valence-corrected chi connectivity index (χ3v) is 6.30. The van der Waals surface area contributed by atoms with Gasteiger partial charge in [-0.1, -0.05) is 130 Å². The van der Waals surface area contributed by atoms with Gasteiger partial charge in [-0.2, -0.15) is 0 Å². The van der Waals surface area contributed by atoms with Crippen LogP contribution in [0.15, 0.2) is 11.7 Å². The predicted octanol–water partition coefficient (Wildman–Crippen LogP) is 10.1. The molecule has 34 heavy (non-hydrogen) atoms. The van der Waals surface area contributed by atoms with E-state index < -0.39 is 0 Å². The van der Waals surface area contributed by atoms with E-state index in [9.17, 15) is 0 Å². The van der Waals surface area contributed by atoms with Crippen molar-refractivity contribution in [3.8, 4) is 0 Å². The molecule has 0 heterocycles. The zero-order chi connectivity index (χ0) is 25.0. The second-order valence-corrected chi connectivity index (χ2v) is 9.72. The highest BCUT2D eigenvalue weighted by molar-refractivity contribution is 4.95. The third kappa shape index (κ3) is 22.9. The van der Waals surface area contributed by atoms with Gasteiger partial charge in [0.15, 0.2) is 12.6 Å². The molecule has 0 bridgehead atoms. The molecule has 4 heteroatoms. The van der Waals surface area contributed by atoms with Crippen molar-refractivity contribution in [2.45, 2.75) is 156 Å². The molecule has 4 nitrogen and oxygen atoms in total. The monoisotopic (exact) mass is 484 g/mol. The fourth-order valence-electron chi connectivity index (χ4n) is 4.09. The summed E-state index contributed by atoms with van der Waals surface area (Å²) in [6.07, 6.45) is 26.7. The summed E-state index contributed by atoms with van der Waals surface area (Å²) in [4.78, 5) is 0. The van der Waals surface area contributed by atoms with E-state index in [0.717, 1.165) is 38.0 Å². The Morgan fingerprint density at radius 1 is 0.441 bits per heavy atom. The Morgan fingerprint density at radius 2 is 0.853 bits per heavy atom. The summed E-state index contributed by atoms with van der Waals surface area (Å²) in [5.74, 6) is 1.44. The first kappa shape index (κ1) is 33.1. The maximum Gasteiger partial charge on any atom is 0.321 e. The minimum atomic E-state index is 0.200. The lowest BCUT2D eigenvalue weighted by atomic mass is 10.0. The SMILES string of the molecule is CCCCCCCCCCCCCCC(OCCCCCC)=C(OCCCCCC)OCOC. The van der Waals surface area contributed by atoms with Crippen LogP contribution in [0.3, 0.4) is 0 Å². The van der Waals surface area contributed by atoms with Gasteiger partial charge >= 0.3 is 5.95 Å². The Balaban J connectivity index is 4.38. The molecule has 0 unspecified atom stereocenters. The molecule has 0 saturated heterocycles. The van der Waals surface area contributed by atoms with Crippen LogP contribution in [0.4, 0.5) is 0 Å². The van der Waals surface area contributed by atoms with E-state index in [2.05, 4.69) is 20.8 Å². The Morgan fingerprint density at radius 3 is 1.32 bits per heavy atom. The zero-order valence-corrected chi connectivity index (χ0v) is 23.6. The Kier molecular flexibility index (Phi) is 27.6. The number of hydrogen-bond acceptors (Lipinski definition) is 4. The highest BCUT2D eigenvalue weighted by atomic mass is 16.7. The fourth-order valence-corrected chi connectivity index (χ4v) is 4.09. The van der Waals surface area contributed by atoms with Crippen molar-refractivity contribution in [1.82, 2.24) is 0 Å². The summed E-state index contributed by atoms with van der Waals surface area (Å²) in [6, 6.07) is 0. The molecule has 204 valence electrons.